The first-order valence-electron chi connectivity index (χ1n) is 8.94. The number of fused-ring (bicyclic) bond motifs is 1. The molecule has 1 aliphatic heterocycles. The molecule has 7 heteroatoms. The second-order valence-electron chi connectivity index (χ2n) is 6.81. The van der Waals surface area contributed by atoms with Crippen molar-refractivity contribution in [1.29, 1.82) is 0 Å². The van der Waals surface area contributed by atoms with E-state index in [0.29, 0.717) is 26.2 Å². The molecule has 1 saturated heterocycles. The molecule has 0 bridgehead atoms. The Morgan fingerprint density at radius 2 is 1.85 bits per heavy atom. The summed E-state index contributed by atoms with van der Waals surface area (Å²) >= 11 is 1.49. The fourth-order valence-electron chi connectivity index (χ4n) is 3.14. The first-order valence-corrected chi connectivity index (χ1v) is 9.75. The summed E-state index contributed by atoms with van der Waals surface area (Å²) in [6.45, 7) is 6.76. The molecule has 5 nitrogen and oxygen atoms in total. The minimum Gasteiger partial charge on any atom is -0.345 e. The molecule has 1 N–H and O–H groups in total. The largest absolute Gasteiger partial charge is 0.345 e. The highest BCUT2D eigenvalue weighted by molar-refractivity contribution is 7.22. The third-order valence-electron chi connectivity index (χ3n) is 4.93. The zero-order valence-electron chi connectivity index (χ0n) is 15.3. The number of carbonyl (C=O) groups excluding carboxylic acids is 1. The number of nitrogens with one attached hydrogen (secondary N) is 1. The van der Waals surface area contributed by atoms with Crippen molar-refractivity contribution in [2.75, 3.05) is 36.4 Å². The molecular weight excluding hydrogens is 363 g/mol. The number of carbonyl (C=O) groups is 1. The molecular formula is C20H21FN4OS. The van der Waals surface area contributed by atoms with Gasteiger partial charge >= 0.3 is 6.03 Å². The summed E-state index contributed by atoms with van der Waals surface area (Å²) in [6.07, 6.45) is 0. The number of hydrogen-bond acceptors (Lipinski definition) is 4. The number of urea groups is 1. The van der Waals surface area contributed by atoms with Gasteiger partial charge in [-0.1, -0.05) is 17.4 Å². The number of benzene rings is 2. The summed E-state index contributed by atoms with van der Waals surface area (Å²) in [7, 11) is 0. The monoisotopic (exact) mass is 384 g/mol. The Hall–Kier alpha value is -2.67. The van der Waals surface area contributed by atoms with E-state index < -0.39 is 0 Å². The SMILES string of the molecule is Cc1ccc(NC(=O)N2CCN(c3nc4ccc(F)cc4s3)CC2)cc1C. The summed E-state index contributed by atoms with van der Waals surface area (Å²) in [5.74, 6) is -0.245. The summed E-state index contributed by atoms with van der Waals surface area (Å²) in [5.41, 5.74) is 3.99. The zero-order valence-corrected chi connectivity index (χ0v) is 16.1. The fourth-order valence-corrected chi connectivity index (χ4v) is 4.19. The summed E-state index contributed by atoms with van der Waals surface area (Å²) in [6, 6.07) is 10.5. The average Bonchev–Trinajstić information content (AvgIpc) is 3.08. The number of halogens is 1. The van der Waals surface area contributed by atoms with Gasteiger partial charge in [0.15, 0.2) is 5.13 Å². The molecule has 140 valence electrons. The van der Waals surface area contributed by atoms with Gasteiger partial charge in [0.1, 0.15) is 5.82 Å². The highest BCUT2D eigenvalue weighted by Gasteiger charge is 2.23. The molecule has 2 heterocycles. The van der Waals surface area contributed by atoms with Gasteiger partial charge in [0.05, 0.1) is 10.2 Å². The molecule has 0 spiro atoms. The molecule has 4 rings (SSSR count). The molecule has 2 aromatic carbocycles. The third-order valence-corrected chi connectivity index (χ3v) is 6.01. The van der Waals surface area contributed by atoms with Crippen LogP contribution >= 0.6 is 11.3 Å². The van der Waals surface area contributed by atoms with Gasteiger partial charge in [0.25, 0.3) is 0 Å². The molecule has 0 unspecified atom stereocenters. The normalized spacial score (nSPS) is 14.6. The predicted molar refractivity (Wildman–Crippen MR) is 108 cm³/mol. The van der Waals surface area contributed by atoms with Crippen LogP contribution in [0.25, 0.3) is 10.2 Å². The number of piperazine rings is 1. The molecule has 1 fully saturated rings. The van der Waals surface area contributed by atoms with Gasteiger partial charge in [-0.25, -0.2) is 14.2 Å². The molecule has 27 heavy (non-hydrogen) atoms. The highest BCUT2D eigenvalue weighted by Crippen LogP contribution is 2.30. The van der Waals surface area contributed by atoms with Gasteiger partial charge in [-0.15, -0.1) is 0 Å². The van der Waals surface area contributed by atoms with Crippen molar-refractivity contribution in [2.45, 2.75) is 13.8 Å². The van der Waals surface area contributed by atoms with E-state index in [9.17, 15) is 9.18 Å². The van der Waals surface area contributed by atoms with Gasteiger partial charge in [0, 0.05) is 31.9 Å². The molecule has 0 atom stereocenters. The van der Waals surface area contributed by atoms with Crippen molar-refractivity contribution < 1.29 is 9.18 Å². The Bertz CT molecular complexity index is 995. The average molecular weight is 384 g/mol. The number of thiazole rings is 1. The van der Waals surface area contributed by atoms with Crippen LogP contribution in [0.15, 0.2) is 36.4 Å². The molecule has 1 aromatic heterocycles. The lowest BCUT2D eigenvalue weighted by molar-refractivity contribution is 0.208. The summed E-state index contributed by atoms with van der Waals surface area (Å²) < 4.78 is 14.2. The van der Waals surface area contributed by atoms with E-state index in [1.165, 1.54) is 29.0 Å². The summed E-state index contributed by atoms with van der Waals surface area (Å²) in [4.78, 5) is 21.1. The maximum absolute atomic E-state index is 13.4. The van der Waals surface area contributed by atoms with Gasteiger partial charge in [-0.05, 0) is 55.3 Å². The molecule has 3 aromatic rings. The minimum atomic E-state index is -0.245. The number of nitrogens with zero attached hydrogens (tertiary/aromatic N) is 3. The van der Waals surface area contributed by atoms with E-state index in [1.807, 2.05) is 30.0 Å². The first-order chi connectivity index (χ1) is 13.0. The van der Waals surface area contributed by atoms with Gasteiger partial charge < -0.3 is 15.1 Å². The predicted octanol–water partition coefficient (Wildman–Crippen LogP) is 4.41. The standard InChI is InChI=1S/C20H21FN4OS/c1-13-3-5-16(11-14(13)2)22-19(26)24-7-9-25(10-8-24)20-23-17-6-4-15(21)12-18(17)27-20/h3-6,11-12H,7-10H2,1-2H3,(H,22,26). The Morgan fingerprint density at radius 3 is 2.59 bits per heavy atom. The minimum absolute atomic E-state index is 0.0794. The van der Waals surface area contributed by atoms with Crippen LogP contribution < -0.4 is 10.2 Å². The number of rotatable bonds is 2. The van der Waals surface area contributed by atoms with E-state index in [1.54, 1.807) is 6.07 Å². The second kappa shape index (κ2) is 7.15. The van der Waals surface area contributed by atoms with Crippen LogP contribution in [-0.4, -0.2) is 42.1 Å². The van der Waals surface area contributed by atoms with Crippen LogP contribution in [0.5, 0.6) is 0 Å². The fraction of sp³-hybridized carbons (Fsp3) is 0.300. The van der Waals surface area contributed by atoms with E-state index >= 15 is 0 Å². The van der Waals surface area contributed by atoms with E-state index in [0.717, 1.165) is 26.6 Å². The molecule has 0 saturated carbocycles. The second-order valence-corrected chi connectivity index (χ2v) is 7.82. The molecule has 1 aliphatic rings. The van der Waals surface area contributed by atoms with Crippen molar-refractivity contribution in [2.24, 2.45) is 0 Å². The quantitative estimate of drug-likeness (QED) is 0.712. The maximum atomic E-state index is 13.4. The van der Waals surface area contributed by atoms with E-state index in [2.05, 4.69) is 22.1 Å². The van der Waals surface area contributed by atoms with Crippen LogP contribution in [0.1, 0.15) is 11.1 Å². The number of aryl methyl sites for hydroxylation is 2. The zero-order chi connectivity index (χ0) is 19.0. The van der Waals surface area contributed by atoms with Crippen molar-refractivity contribution in [3.8, 4) is 0 Å². The van der Waals surface area contributed by atoms with E-state index in [-0.39, 0.29) is 11.8 Å². The topological polar surface area (TPSA) is 48.5 Å². The van der Waals surface area contributed by atoms with Crippen molar-refractivity contribution in [3.05, 3.63) is 53.3 Å². The van der Waals surface area contributed by atoms with Crippen LogP contribution in [0, 0.1) is 19.7 Å². The van der Waals surface area contributed by atoms with Crippen LogP contribution in [0.3, 0.4) is 0 Å². The van der Waals surface area contributed by atoms with Gasteiger partial charge in [0.2, 0.25) is 0 Å². The summed E-state index contributed by atoms with van der Waals surface area (Å²) in [5, 5.41) is 3.86. The van der Waals surface area contributed by atoms with Crippen molar-refractivity contribution >= 4 is 38.4 Å². The van der Waals surface area contributed by atoms with Crippen LogP contribution in [0.2, 0.25) is 0 Å². The molecule has 0 aliphatic carbocycles. The lowest BCUT2D eigenvalue weighted by Gasteiger charge is -2.34. The Balaban J connectivity index is 1.38. The Kier molecular flexibility index (Phi) is 4.70. The van der Waals surface area contributed by atoms with Crippen LogP contribution in [-0.2, 0) is 0 Å². The number of hydrogen-bond donors (Lipinski definition) is 1. The highest BCUT2D eigenvalue weighted by atomic mass is 32.1. The van der Waals surface area contributed by atoms with Gasteiger partial charge in [-0.2, -0.15) is 0 Å². The lowest BCUT2D eigenvalue weighted by Crippen LogP contribution is -2.50. The smallest absolute Gasteiger partial charge is 0.321 e. The number of anilines is 2. The van der Waals surface area contributed by atoms with Crippen molar-refractivity contribution in [1.82, 2.24) is 9.88 Å². The number of aromatic nitrogens is 1. The van der Waals surface area contributed by atoms with Crippen LogP contribution in [0.4, 0.5) is 20.0 Å². The Labute approximate surface area is 161 Å². The molecule has 2 amide bonds. The number of amides is 2. The molecule has 0 radical (unpaired) electrons. The van der Waals surface area contributed by atoms with Crippen molar-refractivity contribution in [3.63, 3.8) is 0 Å². The van der Waals surface area contributed by atoms with E-state index in [4.69, 9.17) is 0 Å². The maximum Gasteiger partial charge on any atom is 0.321 e. The first kappa shape index (κ1) is 17.7. The lowest BCUT2D eigenvalue weighted by atomic mass is 10.1. The third kappa shape index (κ3) is 3.73. The van der Waals surface area contributed by atoms with Gasteiger partial charge in [-0.3, -0.25) is 0 Å². The Morgan fingerprint density at radius 1 is 1.07 bits per heavy atom.